The lowest BCUT2D eigenvalue weighted by atomic mass is 9.66. The van der Waals surface area contributed by atoms with Crippen LogP contribution in [0.2, 0.25) is 18.1 Å². The van der Waals surface area contributed by atoms with Gasteiger partial charge in [0.2, 0.25) is 5.91 Å². The number of nitrogens with one attached hydrogen (secondary N) is 1. The minimum Gasteiger partial charge on any atom is -0.468 e. The minimum atomic E-state index is -2.08. The zero-order valence-corrected chi connectivity index (χ0v) is 18.0. The molecule has 1 amide bonds. The maximum Gasteiger partial charge on any atom is 0.321 e. The van der Waals surface area contributed by atoms with Gasteiger partial charge >= 0.3 is 5.97 Å². The lowest BCUT2D eigenvalue weighted by Crippen LogP contribution is -2.72. The number of hydrogen-bond donors (Lipinski definition) is 1. The Balaban J connectivity index is 3.13. The van der Waals surface area contributed by atoms with Gasteiger partial charge in [-0.05, 0) is 32.0 Å². The molecule has 1 unspecified atom stereocenters. The van der Waals surface area contributed by atoms with Gasteiger partial charge in [0, 0.05) is 6.42 Å². The largest absolute Gasteiger partial charge is 0.468 e. The van der Waals surface area contributed by atoms with Crippen molar-refractivity contribution in [2.75, 3.05) is 7.11 Å². The third-order valence-corrected chi connectivity index (χ3v) is 10.5. The van der Waals surface area contributed by atoms with E-state index in [-0.39, 0.29) is 29.3 Å². The Kier molecular flexibility index (Phi) is 6.28. The van der Waals surface area contributed by atoms with E-state index in [0.29, 0.717) is 0 Å². The third-order valence-electron chi connectivity index (χ3n) is 5.88. The molecule has 1 heterocycles. The molecule has 0 radical (unpaired) electrons. The first-order chi connectivity index (χ1) is 11.2. The SMILES string of the molecule is CCC(=O)C(C)(C(=O)OC)[C@H]1NC(=O)[C@@H]1[C@@H](C)O[Si](C)(C)C(C)(C)C. The van der Waals surface area contributed by atoms with E-state index in [1.54, 1.807) is 13.8 Å². The zero-order chi connectivity index (χ0) is 19.8. The Bertz CT molecular complexity index is 536. The first kappa shape index (κ1) is 21.8. The van der Waals surface area contributed by atoms with Crippen LogP contribution in [0.5, 0.6) is 0 Å². The molecule has 0 bridgehead atoms. The van der Waals surface area contributed by atoms with Crippen molar-refractivity contribution in [2.45, 2.75) is 78.2 Å². The molecule has 1 N–H and O–H groups in total. The molecule has 1 fully saturated rings. The smallest absolute Gasteiger partial charge is 0.321 e. The van der Waals surface area contributed by atoms with Crippen molar-refractivity contribution < 1.29 is 23.5 Å². The van der Waals surface area contributed by atoms with E-state index in [1.807, 2.05) is 6.92 Å². The molecule has 0 spiro atoms. The maximum absolute atomic E-state index is 12.5. The predicted molar refractivity (Wildman–Crippen MR) is 98.6 cm³/mol. The molecule has 0 aromatic heterocycles. The molecule has 1 aliphatic heterocycles. The number of Topliss-reactive ketones (excluding diaryl/α,β-unsaturated/α-hetero) is 1. The number of ketones is 1. The highest BCUT2D eigenvalue weighted by Gasteiger charge is 2.60. The Hall–Kier alpha value is -1.21. The van der Waals surface area contributed by atoms with Crippen LogP contribution in [-0.2, 0) is 23.5 Å². The maximum atomic E-state index is 12.5. The van der Waals surface area contributed by atoms with Crippen LogP contribution in [0.3, 0.4) is 0 Å². The van der Waals surface area contributed by atoms with Crippen molar-refractivity contribution in [2.24, 2.45) is 11.3 Å². The quantitative estimate of drug-likeness (QED) is 0.322. The molecule has 6 nitrogen and oxygen atoms in total. The second-order valence-electron chi connectivity index (χ2n) is 8.57. The van der Waals surface area contributed by atoms with Crippen LogP contribution in [-0.4, -0.2) is 45.2 Å². The van der Waals surface area contributed by atoms with Crippen molar-refractivity contribution in [3.8, 4) is 0 Å². The van der Waals surface area contributed by atoms with Gasteiger partial charge in [-0.15, -0.1) is 0 Å². The fourth-order valence-electron chi connectivity index (χ4n) is 3.09. The summed E-state index contributed by atoms with van der Waals surface area (Å²) in [5, 5.41) is 2.75. The summed E-state index contributed by atoms with van der Waals surface area (Å²) in [5.41, 5.74) is -1.40. The van der Waals surface area contributed by atoms with E-state index in [0.717, 1.165) is 0 Å². The van der Waals surface area contributed by atoms with Gasteiger partial charge in [0.25, 0.3) is 0 Å². The number of esters is 1. The summed E-state index contributed by atoms with van der Waals surface area (Å²) in [6.07, 6.45) is -0.185. The van der Waals surface area contributed by atoms with Gasteiger partial charge in [-0.3, -0.25) is 14.4 Å². The van der Waals surface area contributed by atoms with Crippen molar-refractivity contribution >= 4 is 26.0 Å². The van der Waals surface area contributed by atoms with E-state index in [4.69, 9.17) is 9.16 Å². The number of β-lactam (4-membered cyclic amide) rings is 1. The van der Waals surface area contributed by atoms with E-state index in [2.05, 4.69) is 39.2 Å². The van der Waals surface area contributed by atoms with Gasteiger partial charge < -0.3 is 14.5 Å². The van der Waals surface area contributed by atoms with Crippen LogP contribution >= 0.6 is 0 Å². The average Bonchev–Trinajstić information content (AvgIpc) is 2.48. The highest BCUT2D eigenvalue weighted by molar-refractivity contribution is 6.74. The molecule has 1 aliphatic rings. The molecular weight excluding hydrogens is 338 g/mol. The van der Waals surface area contributed by atoms with Crippen molar-refractivity contribution in [1.82, 2.24) is 5.32 Å². The topological polar surface area (TPSA) is 81.7 Å². The van der Waals surface area contributed by atoms with E-state index in [9.17, 15) is 14.4 Å². The van der Waals surface area contributed by atoms with Gasteiger partial charge in [-0.25, -0.2) is 0 Å². The lowest BCUT2D eigenvalue weighted by molar-refractivity contribution is -0.167. The number of ether oxygens (including phenoxy) is 1. The first-order valence-electron chi connectivity index (χ1n) is 8.84. The Morgan fingerprint density at radius 3 is 2.12 bits per heavy atom. The standard InChI is InChI=1S/C18H33NO5Si/c1-10-12(20)18(6,16(22)23-7)14-13(15(21)19-14)11(2)24-25(8,9)17(3,4)5/h11,13-14H,10H2,1-9H3,(H,19,21)/t11-,13-,14+,18?/m1/s1. The molecular formula is C18H33NO5Si. The summed E-state index contributed by atoms with van der Waals surface area (Å²) in [5.74, 6) is -1.59. The third kappa shape index (κ3) is 3.82. The number of rotatable bonds is 7. The molecule has 4 atom stereocenters. The summed E-state index contributed by atoms with van der Waals surface area (Å²) in [6.45, 7) is 15.7. The van der Waals surface area contributed by atoms with Gasteiger partial charge in [0.05, 0.1) is 25.2 Å². The van der Waals surface area contributed by atoms with Crippen LogP contribution < -0.4 is 5.32 Å². The van der Waals surface area contributed by atoms with Crippen LogP contribution in [0, 0.1) is 11.3 Å². The number of carbonyl (C=O) groups is 3. The Morgan fingerprint density at radius 1 is 1.24 bits per heavy atom. The number of carbonyl (C=O) groups excluding carboxylic acids is 3. The molecule has 0 saturated carbocycles. The lowest BCUT2D eigenvalue weighted by Gasteiger charge is -2.49. The summed E-state index contributed by atoms with van der Waals surface area (Å²) in [6, 6.07) is -0.611. The van der Waals surface area contributed by atoms with Gasteiger partial charge in [-0.2, -0.15) is 0 Å². The fraction of sp³-hybridized carbons (Fsp3) is 0.833. The van der Waals surface area contributed by atoms with Crippen molar-refractivity contribution in [3.63, 3.8) is 0 Å². The molecule has 0 aliphatic carbocycles. The average molecular weight is 372 g/mol. The number of hydrogen-bond acceptors (Lipinski definition) is 5. The second-order valence-corrected chi connectivity index (χ2v) is 13.3. The zero-order valence-electron chi connectivity index (χ0n) is 17.0. The minimum absolute atomic E-state index is 0.00186. The van der Waals surface area contributed by atoms with Gasteiger partial charge in [0.15, 0.2) is 14.1 Å². The molecule has 144 valence electrons. The van der Waals surface area contributed by atoms with E-state index >= 15 is 0 Å². The van der Waals surface area contributed by atoms with E-state index < -0.39 is 31.7 Å². The molecule has 25 heavy (non-hydrogen) atoms. The molecule has 1 rings (SSSR count). The first-order valence-corrected chi connectivity index (χ1v) is 11.7. The van der Waals surface area contributed by atoms with Gasteiger partial charge in [0.1, 0.15) is 5.41 Å². The summed E-state index contributed by atoms with van der Waals surface area (Å²) in [4.78, 5) is 37.1. The number of methoxy groups -OCH3 is 1. The number of amides is 1. The Labute approximate surface area is 152 Å². The predicted octanol–water partition coefficient (Wildman–Crippen LogP) is 2.67. The Morgan fingerprint density at radius 2 is 1.76 bits per heavy atom. The highest BCUT2D eigenvalue weighted by atomic mass is 28.4. The normalized spacial score (nSPS) is 24.6. The molecule has 0 aromatic carbocycles. The summed E-state index contributed by atoms with van der Waals surface area (Å²) < 4.78 is 11.2. The van der Waals surface area contributed by atoms with Crippen LogP contribution in [0.1, 0.15) is 48.0 Å². The van der Waals surface area contributed by atoms with Crippen LogP contribution in [0.4, 0.5) is 0 Å². The molecule has 0 aromatic rings. The summed E-state index contributed by atoms with van der Waals surface area (Å²) in [7, 11) is -0.825. The van der Waals surface area contributed by atoms with Gasteiger partial charge in [-0.1, -0.05) is 27.7 Å². The van der Waals surface area contributed by atoms with Crippen molar-refractivity contribution in [3.05, 3.63) is 0 Å². The molecule has 7 heteroatoms. The highest BCUT2D eigenvalue weighted by Crippen LogP contribution is 2.42. The second kappa shape index (κ2) is 7.19. The molecule has 1 saturated heterocycles. The van der Waals surface area contributed by atoms with Crippen molar-refractivity contribution in [1.29, 1.82) is 0 Å². The van der Waals surface area contributed by atoms with E-state index in [1.165, 1.54) is 7.11 Å². The monoisotopic (exact) mass is 371 g/mol. The summed E-state index contributed by atoms with van der Waals surface area (Å²) >= 11 is 0. The van der Waals surface area contributed by atoms with Crippen LogP contribution in [0.25, 0.3) is 0 Å². The van der Waals surface area contributed by atoms with Crippen LogP contribution in [0.15, 0.2) is 0 Å². The fourth-order valence-corrected chi connectivity index (χ4v) is 4.52.